The summed E-state index contributed by atoms with van der Waals surface area (Å²) in [5.74, 6) is -0.559. The molecule has 0 bridgehead atoms. The van der Waals surface area contributed by atoms with Crippen molar-refractivity contribution < 1.29 is 8.78 Å². The van der Waals surface area contributed by atoms with Gasteiger partial charge in [-0.25, -0.2) is 13.8 Å². The first-order valence-corrected chi connectivity index (χ1v) is 10.0. The van der Waals surface area contributed by atoms with Crippen molar-refractivity contribution in [1.82, 2.24) is 14.9 Å². The van der Waals surface area contributed by atoms with Gasteiger partial charge >= 0.3 is 0 Å². The second kappa shape index (κ2) is 7.55. The quantitative estimate of drug-likeness (QED) is 0.655. The molecule has 0 radical (unpaired) electrons. The van der Waals surface area contributed by atoms with Gasteiger partial charge in [-0.05, 0) is 81.7 Å². The van der Waals surface area contributed by atoms with E-state index in [1.54, 1.807) is 12.1 Å². The molecule has 2 heterocycles. The number of halogens is 3. The van der Waals surface area contributed by atoms with E-state index in [0.717, 1.165) is 19.0 Å². The van der Waals surface area contributed by atoms with Crippen LogP contribution in [0.2, 0.25) is 0 Å². The molecule has 0 aliphatic carbocycles. The van der Waals surface area contributed by atoms with E-state index in [4.69, 9.17) is 0 Å². The van der Waals surface area contributed by atoms with E-state index in [-0.39, 0.29) is 28.9 Å². The molecule has 152 valence electrons. The smallest absolute Gasteiger partial charge is 0.229 e. The number of benzene rings is 1. The number of anilines is 3. The highest BCUT2D eigenvalue weighted by Gasteiger charge is 2.43. The van der Waals surface area contributed by atoms with Crippen molar-refractivity contribution in [2.24, 2.45) is 0 Å². The summed E-state index contributed by atoms with van der Waals surface area (Å²) in [5, 5.41) is 6.17. The van der Waals surface area contributed by atoms with E-state index in [9.17, 15) is 8.78 Å². The van der Waals surface area contributed by atoms with Gasteiger partial charge in [0, 0.05) is 22.8 Å². The predicted molar refractivity (Wildman–Crippen MR) is 112 cm³/mol. The van der Waals surface area contributed by atoms with Crippen molar-refractivity contribution in [2.45, 2.75) is 57.7 Å². The minimum absolute atomic E-state index is 0.0288. The van der Waals surface area contributed by atoms with Gasteiger partial charge < -0.3 is 10.6 Å². The maximum absolute atomic E-state index is 14.4. The summed E-state index contributed by atoms with van der Waals surface area (Å²) < 4.78 is 28.4. The van der Waals surface area contributed by atoms with Crippen LogP contribution in [0, 0.1) is 11.6 Å². The molecule has 1 fully saturated rings. The average Bonchev–Trinajstić information content (AvgIpc) is 2.58. The molecule has 2 aromatic rings. The Kier molecular flexibility index (Phi) is 5.64. The zero-order valence-corrected chi connectivity index (χ0v) is 18.4. The topological polar surface area (TPSA) is 53.1 Å². The van der Waals surface area contributed by atoms with Crippen LogP contribution in [0.15, 0.2) is 28.9 Å². The van der Waals surface area contributed by atoms with Gasteiger partial charge in [0.25, 0.3) is 0 Å². The molecular formula is C20H26BrF2N5. The predicted octanol–water partition coefficient (Wildman–Crippen LogP) is 5.32. The molecule has 1 aromatic carbocycles. The Morgan fingerprint density at radius 3 is 2.36 bits per heavy atom. The zero-order chi connectivity index (χ0) is 20.7. The molecule has 8 heteroatoms. The lowest BCUT2D eigenvalue weighted by Crippen LogP contribution is -2.61. The van der Waals surface area contributed by atoms with Gasteiger partial charge in [-0.2, -0.15) is 4.98 Å². The molecule has 0 saturated carbocycles. The summed E-state index contributed by atoms with van der Waals surface area (Å²) >= 11 is 3.12. The maximum atomic E-state index is 14.4. The Bertz CT molecular complexity index is 854. The molecular weight excluding hydrogens is 428 g/mol. The number of hydrogen-bond acceptors (Lipinski definition) is 5. The van der Waals surface area contributed by atoms with Gasteiger partial charge in [0.15, 0.2) is 11.6 Å². The van der Waals surface area contributed by atoms with Crippen molar-refractivity contribution in [2.75, 3.05) is 17.7 Å². The molecule has 0 spiro atoms. The Hall–Kier alpha value is -1.80. The standard InChI is InChI=1S/C20H26BrF2N5/c1-19(2)9-13(10-20(3,4)28(19)5)25-17-16(23)11-24-18(27-17)26-12-6-7-14(21)15(22)8-12/h6-8,11,13H,9-10H2,1-5H3,(H2,24,25,26,27). The summed E-state index contributed by atoms with van der Waals surface area (Å²) in [6, 6.07) is 4.67. The highest BCUT2D eigenvalue weighted by atomic mass is 79.9. The lowest BCUT2D eigenvalue weighted by Gasteiger charge is -2.53. The van der Waals surface area contributed by atoms with Crippen LogP contribution in [0.4, 0.5) is 26.2 Å². The monoisotopic (exact) mass is 453 g/mol. The summed E-state index contributed by atoms with van der Waals surface area (Å²) in [6.45, 7) is 8.75. The van der Waals surface area contributed by atoms with E-state index in [0.29, 0.717) is 10.2 Å². The molecule has 0 unspecified atom stereocenters. The number of likely N-dealkylation sites (tertiary alicyclic amines) is 1. The molecule has 2 N–H and O–H groups in total. The lowest BCUT2D eigenvalue weighted by molar-refractivity contribution is -0.00778. The third-order valence-electron chi connectivity index (χ3n) is 5.57. The summed E-state index contributed by atoms with van der Waals surface area (Å²) in [5.41, 5.74) is 0.428. The SMILES string of the molecule is CN1C(C)(C)CC(Nc2nc(Nc3ccc(Br)c(F)c3)ncc2F)CC1(C)C. The van der Waals surface area contributed by atoms with E-state index >= 15 is 0 Å². The fraction of sp³-hybridized carbons (Fsp3) is 0.500. The Morgan fingerprint density at radius 1 is 1.11 bits per heavy atom. The van der Waals surface area contributed by atoms with Crippen LogP contribution in [0.1, 0.15) is 40.5 Å². The minimum Gasteiger partial charge on any atom is -0.365 e. The normalized spacial score (nSPS) is 19.4. The van der Waals surface area contributed by atoms with E-state index < -0.39 is 11.6 Å². The zero-order valence-electron chi connectivity index (χ0n) is 16.8. The van der Waals surface area contributed by atoms with E-state index in [1.165, 1.54) is 6.07 Å². The van der Waals surface area contributed by atoms with Crippen molar-refractivity contribution in [3.8, 4) is 0 Å². The molecule has 5 nitrogen and oxygen atoms in total. The van der Waals surface area contributed by atoms with Crippen LogP contribution < -0.4 is 10.6 Å². The third kappa shape index (κ3) is 4.43. The van der Waals surface area contributed by atoms with Crippen LogP contribution in [0.5, 0.6) is 0 Å². The van der Waals surface area contributed by atoms with Crippen molar-refractivity contribution >= 4 is 33.4 Å². The van der Waals surface area contributed by atoms with Gasteiger partial charge in [0.2, 0.25) is 5.95 Å². The third-order valence-corrected chi connectivity index (χ3v) is 6.21. The molecule has 0 atom stereocenters. The largest absolute Gasteiger partial charge is 0.365 e. The molecule has 1 aliphatic rings. The van der Waals surface area contributed by atoms with Gasteiger partial charge in [-0.3, -0.25) is 4.90 Å². The number of piperidine rings is 1. The van der Waals surface area contributed by atoms with E-state index in [1.807, 2.05) is 0 Å². The average molecular weight is 454 g/mol. The van der Waals surface area contributed by atoms with Crippen LogP contribution in [-0.2, 0) is 0 Å². The first kappa shape index (κ1) is 20.9. The molecule has 0 amide bonds. The van der Waals surface area contributed by atoms with Crippen molar-refractivity contribution in [1.29, 1.82) is 0 Å². The number of rotatable bonds is 4. The van der Waals surface area contributed by atoms with Gasteiger partial charge in [-0.1, -0.05) is 0 Å². The second-order valence-corrected chi connectivity index (χ2v) is 9.43. The Labute approximate surface area is 173 Å². The second-order valence-electron chi connectivity index (χ2n) is 8.58. The minimum atomic E-state index is -0.512. The lowest BCUT2D eigenvalue weighted by atomic mass is 9.77. The number of aromatic nitrogens is 2. The highest BCUT2D eigenvalue weighted by molar-refractivity contribution is 9.10. The van der Waals surface area contributed by atoms with Gasteiger partial charge in [-0.15, -0.1) is 0 Å². The van der Waals surface area contributed by atoms with Crippen LogP contribution in [-0.4, -0.2) is 39.0 Å². The van der Waals surface area contributed by atoms with Gasteiger partial charge in [0.1, 0.15) is 5.82 Å². The number of nitrogens with one attached hydrogen (secondary N) is 2. The fourth-order valence-electron chi connectivity index (χ4n) is 3.90. The van der Waals surface area contributed by atoms with Gasteiger partial charge in [0.05, 0.1) is 10.7 Å². The van der Waals surface area contributed by atoms with Crippen LogP contribution >= 0.6 is 15.9 Å². The highest BCUT2D eigenvalue weighted by Crippen LogP contribution is 2.38. The summed E-state index contributed by atoms with van der Waals surface area (Å²) in [7, 11) is 2.13. The Balaban J connectivity index is 1.79. The van der Waals surface area contributed by atoms with Crippen molar-refractivity contribution in [3.05, 3.63) is 40.5 Å². The summed E-state index contributed by atoms with van der Waals surface area (Å²) in [6.07, 6.45) is 2.84. The molecule has 28 heavy (non-hydrogen) atoms. The molecule has 1 saturated heterocycles. The molecule has 1 aliphatic heterocycles. The molecule has 1 aromatic heterocycles. The summed E-state index contributed by atoms with van der Waals surface area (Å²) in [4.78, 5) is 10.6. The fourth-order valence-corrected chi connectivity index (χ4v) is 4.14. The first-order valence-electron chi connectivity index (χ1n) is 9.23. The Morgan fingerprint density at radius 2 is 1.75 bits per heavy atom. The molecule has 3 rings (SSSR count). The van der Waals surface area contributed by atoms with E-state index in [2.05, 4.69) is 76.2 Å². The van der Waals surface area contributed by atoms with Crippen LogP contribution in [0.25, 0.3) is 0 Å². The first-order chi connectivity index (χ1) is 13.0. The number of hydrogen-bond donors (Lipinski definition) is 2. The number of nitrogens with zero attached hydrogens (tertiary/aromatic N) is 3. The van der Waals surface area contributed by atoms with Crippen molar-refractivity contribution in [3.63, 3.8) is 0 Å². The maximum Gasteiger partial charge on any atom is 0.229 e. The van der Waals surface area contributed by atoms with Crippen LogP contribution in [0.3, 0.4) is 0 Å².